The first-order valence-corrected chi connectivity index (χ1v) is 8.11. The summed E-state index contributed by atoms with van der Waals surface area (Å²) < 4.78 is 26.1. The van der Waals surface area contributed by atoms with Crippen molar-refractivity contribution in [1.29, 1.82) is 0 Å². The third-order valence-corrected chi connectivity index (χ3v) is 5.44. The fraction of sp³-hybridized carbons (Fsp3) is 0.0769. The third kappa shape index (κ3) is 3.16. The molecule has 22 heavy (non-hydrogen) atoms. The summed E-state index contributed by atoms with van der Waals surface area (Å²) in [6, 6.07) is 9.36. The molecule has 0 aliphatic carbocycles. The minimum Gasteiger partial charge on any atom is -0.269 e. The van der Waals surface area contributed by atoms with E-state index in [9.17, 15) is 18.5 Å². The van der Waals surface area contributed by atoms with Crippen LogP contribution in [0.3, 0.4) is 0 Å². The summed E-state index contributed by atoms with van der Waals surface area (Å²) in [5.74, 6) is 0. The molecule has 0 spiro atoms. The van der Waals surface area contributed by atoms with Gasteiger partial charge in [0.2, 0.25) is 0 Å². The van der Waals surface area contributed by atoms with Gasteiger partial charge in [-0.05, 0) is 24.3 Å². The molecule has 0 saturated carbocycles. The van der Waals surface area contributed by atoms with E-state index in [0.717, 1.165) is 10.4 Å². The van der Waals surface area contributed by atoms with Gasteiger partial charge in [0.1, 0.15) is 4.90 Å². The number of hydrogen-bond acceptors (Lipinski definition) is 4. The second-order valence-electron chi connectivity index (χ2n) is 4.32. The quantitative estimate of drug-likeness (QED) is 0.614. The van der Waals surface area contributed by atoms with Gasteiger partial charge in [0.15, 0.2) is 0 Å². The molecular weight excluding hydrogens is 351 g/mol. The van der Waals surface area contributed by atoms with E-state index in [0.29, 0.717) is 0 Å². The van der Waals surface area contributed by atoms with E-state index in [-0.39, 0.29) is 26.3 Å². The molecule has 0 fully saturated rings. The van der Waals surface area contributed by atoms with E-state index in [1.165, 1.54) is 43.4 Å². The minimum atomic E-state index is -3.99. The lowest BCUT2D eigenvalue weighted by molar-refractivity contribution is -0.384. The first-order chi connectivity index (χ1) is 10.2. The average Bonchev–Trinajstić information content (AvgIpc) is 2.48. The molecule has 0 bridgehead atoms. The van der Waals surface area contributed by atoms with Gasteiger partial charge in [0.25, 0.3) is 15.7 Å². The fourth-order valence-electron chi connectivity index (χ4n) is 1.76. The van der Waals surface area contributed by atoms with Crippen LogP contribution in [0.5, 0.6) is 0 Å². The molecule has 0 unspecified atom stereocenters. The molecule has 0 aliphatic heterocycles. The van der Waals surface area contributed by atoms with Gasteiger partial charge < -0.3 is 0 Å². The Hall–Kier alpha value is -1.83. The second kappa shape index (κ2) is 6.12. The van der Waals surface area contributed by atoms with Crippen LogP contribution in [0.4, 0.5) is 11.4 Å². The van der Waals surface area contributed by atoms with Crippen molar-refractivity contribution in [3.05, 3.63) is 62.6 Å². The first-order valence-electron chi connectivity index (χ1n) is 5.92. The molecule has 2 aromatic rings. The Morgan fingerprint density at radius 3 is 2.45 bits per heavy atom. The van der Waals surface area contributed by atoms with Crippen molar-refractivity contribution in [2.75, 3.05) is 11.4 Å². The predicted molar refractivity (Wildman–Crippen MR) is 85.1 cm³/mol. The lowest BCUT2D eigenvalue weighted by atomic mass is 10.3. The van der Waals surface area contributed by atoms with Crippen LogP contribution >= 0.6 is 23.2 Å². The molecule has 0 amide bonds. The van der Waals surface area contributed by atoms with E-state index in [4.69, 9.17) is 23.2 Å². The van der Waals surface area contributed by atoms with Crippen molar-refractivity contribution in [3.8, 4) is 0 Å². The molecular formula is C13H10Cl2N2O4S. The largest absolute Gasteiger partial charge is 0.271 e. The van der Waals surface area contributed by atoms with Crippen molar-refractivity contribution >= 4 is 44.6 Å². The van der Waals surface area contributed by atoms with Gasteiger partial charge in [0, 0.05) is 24.2 Å². The predicted octanol–water partition coefficient (Wildman–Crippen LogP) is 3.73. The van der Waals surface area contributed by atoms with Crippen molar-refractivity contribution < 1.29 is 13.3 Å². The zero-order valence-electron chi connectivity index (χ0n) is 11.2. The standard InChI is InChI=1S/C13H10Cl2N2O4S/c1-16(10-3-2-4-11(8-10)17(18)19)22(20,21)13-7-9(14)5-6-12(13)15/h2-8H,1H3. The van der Waals surface area contributed by atoms with Crippen LogP contribution in [-0.4, -0.2) is 20.4 Å². The summed E-state index contributed by atoms with van der Waals surface area (Å²) in [4.78, 5) is 10.0. The SMILES string of the molecule is CN(c1cccc([N+](=O)[O-])c1)S(=O)(=O)c1cc(Cl)ccc1Cl. The molecule has 0 atom stereocenters. The molecule has 6 nitrogen and oxygen atoms in total. The van der Waals surface area contributed by atoms with Gasteiger partial charge in [-0.2, -0.15) is 0 Å². The first kappa shape index (κ1) is 16.5. The summed E-state index contributed by atoms with van der Waals surface area (Å²) in [6.45, 7) is 0. The molecule has 9 heteroatoms. The Balaban J connectivity index is 2.51. The molecule has 116 valence electrons. The number of rotatable bonds is 4. The van der Waals surface area contributed by atoms with E-state index in [1.807, 2.05) is 0 Å². The van der Waals surface area contributed by atoms with Crippen LogP contribution in [0.1, 0.15) is 0 Å². The van der Waals surface area contributed by atoms with Crippen LogP contribution in [0.25, 0.3) is 0 Å². The monoisotopic (exact) mass is 360 g/mol. The lowest BCUT2D eigenvalue weighted by Crippen LogP contribution is -2.26. The van der Waals surface area contributed by atoms with Gasteiger partial charge in [0.05, 0.1) is 15.6 Å². The number of anilines is 1. The Bertz CT molecular complexity index is 840. The molecule has 2 aromatic carbocycles. The highest BCUT2D eigenvalue weighted by atomic mass is 35.5. The number of hydrogen-bond donors (Lipinski definition) is 0. The summed E-state index contributed by atoms with van der Waals surface area (Å²) >= 11 is 11.7. The van der Waals surface area contributed by atoms with Crippen molar-refractivity contribution in [3.63, 3.8) is 0 Å². The molecule has 0 N–H and O–H groups in total. The minimum absolute atomic E-state index is 0.0154. The molecule has 0 radical (unpaired) electrons. The van der Waals surface area contributed by atoms with Crippen molar-refractivity contribution in [2.45, 2.75) is 4.90 Å². The van der Waals surface area contributed by atoms with E-state index >= 15 is 0 Å². The highest BCUT2D eigenvalue weighted by Crippen LogP contribution is 2.30. The Labute approximate surface area is 137 Å². The molecule has 0 aliphatic rings. The second-order valence-corrected chi connectivity index (χ2v) is 7.11. The smallest absolute Gasteiger partial charge is 0.269 e. The number of sulfonamides is 1. The normalized spacial score (nSPS) is 11.2. The van der Waals surface area contributed by atoms with Gasteiger partial charge in [-0.15, -0.1) is 0 Å². The summed E-state index contributed by atoms with van der Waals surface area (Å²) in [7, 11) is -2.71. The summed E-state index contributed by atoms with van der Waals surface area (Å²) in [6.07, 6.45) is 0. The van der Waals surface area contributed by atoms with Crippen LogP contribution in [0, 0.1) is 10.1 Å². The molecule has 0 heterocycles. The maximum atomic E-state index is 12.6. The Morgan fingerprint density at radius 1 is 1.14 bits per heavy atom. The van der Waals surface area contributed by atoms with E-state index in [2.05, 4.69) is 0 Å². The number of non-ortho nitro benzene ring substituents is 1. The summed E-state index contributed by atoms with van der Waals surface area (Å²) in [5.41, 5.74) is -0.0676. The average molecular weight is 361 g/mol. The van der Waals surface area contributed by atoms with Gasteiger partial charge in [-0.3, -0.25) is 14.4 Å². The Morgan fingerprint density at radius 2 is 1.82 bits per heavy atom. The topological polar surface area (TPSA) is 80.5 Å². The van der Waals surface area contributed by atoms with Crippen LogP contribution in [0.2, 0.25) is 10.0 Å². The van der Waals surface area contributed by atoms with E-state index < -0.39 is 14.9 Å². The maximum Gasteiger partial charge on any atom is 0.271 e. The summed E-state index contributed by atoms with van der Waals surface area (Å²) in [5, 5.41) is 11.0. The molecule has 0 aromatic heterocycles. The number of nitro benzene ring substituents is 1. The third-order valence-electron chi connectivity index (χ3n) is 2.94. The van der Waals surface area contributed by atoms with Gasteiger partial charge in [-0.25, -0.2) is 8.42 Å². The zero-order valence-corrected chi connectivity index (χ0v) is 13.6. The molecule has 2 rings (SSSR count). The van der Waals surface area contributed by atoms with Crippen LogP contribution < -0.4 is 4.31 Å². The lowest BCUT2D eigenvalue weighted by Gasteiger charge is -2.20. The van der Waals surface area contributed by atoms with Crippen LogP contribution in [0.15, 0.2) is 47.4 Å². The number of nitro groups is 1. The van der Waals surface area contributed by atoms with Crippen molar-refractivity contribution in [2.24, 2.45) is 0 Å². The zero-order chi connectivity index (χ0) is 16.5. The number of halogens is 2. The Kier molecular flexibility index (Phi) is 4.60. The van der Waals surface area contributed by atoms with Gasteiger partial charge >= 0.3 is 0 Å². The number of nitrogens with zero attached hydrogens (tertiary/aromatic N) is 2. The van der Waals surface area contributed by atoms with E-state index in [1.54, 1.807) is 0 Å². The van der Waals surface area contributed by atoms with Crippen LogP contribution in [-0.2, 0) is 10.0 Å². The maximum absolute atomic E-state index is 12.6. The highest BCUT2D eigenvalue weighted by Gasteiger charge is 2.25. The number of benzene rings is 2. The van der Waals surface area contributed by atoms with Gasteiger partial charge in [-0.1, -0.05) is 29.3 Å². The highest BCUT2D eigenvalue weighted by molar-refractivity contribution is 7.93. The fourth-order valence-corrected chi connectivity index (χ4v) is 3.69. The molecule has 0 saturated heterocycles. The van der Waals surface area contributed by atoms with Crippen molar-refractivity contribution in [1.82, 2.24) is 0 Å².